The van der Waals surface area contributed by atoms with Gasteiger partial charge in [0.05, 0.1) is 0 Å². The van der Waals surface area contributed by atoms with Crippen LogP contribution in [0.1, 0.15) is 0 Å². The zero-order valence-electron chi connectivity index (χ0n) is 9.05. The number of hydrogen-bond acceptors (Lipinski definition) is 0. The van der Waals surface area contributed by atoms with Gasteiger partial charge in [0.1, 0.15) is 0 Å². The molecule has 0 radical (unpaired) electrons. The van der Waals surface area contributed by atoms with Crippen LogP contribution in [0, 0.1) is 0 Å². The topological polar surface area (TPSA) is 0 Å². The van der Waals surface area contributed by atoms with Crippen molar-refractivity contribution >= 4 is 44.3 Å². The van der Waals surface area contributed by atoms with Crippen molar-refractivity contribution in [3.8, 4) is 0 Å². The van der Waals surface area contributed by atoms with Crippen molar-refractivity contribution in [2.24, 2.45) is 0 Å². The Morgan fingerprint density at radius 1 is 1.00 bits per heavy atom. The van der Waals surface area contributed by atoms with Crippen molar-refractivity contribution in [1.82, 2.24) is 0 Å². The van der Waals surface area contributed by atoms with Gasteiger partial charge in [-0.3, -0.25) is 0 Å². The Hall–Kier alpha value is 0.448. The van der Waals surface area contributed by atoms with E-state index < -0.39 is 23.9 Å². The van der Waals surface area contributed by atoms with Crippen molar-refractivity contribution in [1.29, 1.82) is 0 Å². The summed E-state index contributed by atoms with van der Waals surface area (Å²) in [5.74, 6) is 4.91. The van der Waals surface area contributed by atoms with Crippen LogP contribution in [0.25, 0.3) is 0 Å². The molecule has 15 heavy (non-hydrogen) atoms. The Kier molecular flexibility index (Phi) is 3.47. The van der Waals surface area contributed by atoms with Gasteiger partial charge >= 0.3 is 104 Å². The van der Waals surface area contributed by atoms with Crippen LogP contribution in [-0.4, -0.2) is 33.5 Å². The maximum absolute atomic E-state index is 3.42. The van der Waals surface area contributed by atoms with E-state index in [1.807, 2.05) is 0 Å². The molecule has 3 heteroatoms. The summed E-state index contributed by atoms with van der Waals surface area (Å²) in [7, 11) is 0. The first-order valence-electron chi connectivity index (χ1n) is 5.08. The Balaban J connectivity index is 2.41. The molecule has 1 aromatic carbocycles. The molecule has 0 aliphatic carbocycles. The van der Waals surface area contributed by atoms with Gasteiger partial charge in [0.2, 0.25) is 0 Å². The number of benzene rings is 1. The third-order valence-corrected chi connectivity index (χ3v) is 15.2. The molecule has 2 rings (SSSR count). The summed E-state index contributed by atoms with van der Waals surface area (Å²) in [5, 5.41) is 1.44. The van der Waals surface area contributed by atoms with E-state index in [1.54, 1.807) is 0 Å². The van der Waals surface area contributed by atoms with Gasteiger partial charge in [-0.1, -0.05) is 0 Å². The average Bonchev–Trinajstić information content (AvgIpc) is 2.24. The summed E-state index contributed by atoms with van der Waals surface area (Å²) in [5.41, 5.74) is -1.23. The molecule has 0 nitrogen and oxygen atoms in total. The van der Waals surface area contributed by atoms with E-state index in [9.17, 15) is 0 Å². The van der Waals surface area contributed by atoms with Crippen LogP contribution in [0.4, 0.5) is 0 Å². The molecule has 0 bridgehead atoms. The van der Waals surface area contributed by atoms with E-state index in [0.717, 1.165) is 0 Å². The zero-order chi connectivity index (χ0) is 10.9. The molecule has 1 heterocycles. The predicted molar refractivity (Wildman–Crippen MR) is 74.5 cm³/mol. The summed E-state index contributed by atoms with van der Waals surface area (Å²) < 4.78 is 5.04. The van der Waals surface area contributed by atoms with Crippen LogP contribution in [-0.2, 0) is 0 Å². The molecular weight excluding hydrogens is 373 g/mol. The van der Waals surface area contributed by atoms with E-state index >= 15 is 0 Å². The van der Waals surface area contributed by atoms with Gasteiger partial charge in [0.25, 0.3) is 0 Å². The van der Waals surface area contributed by atoms with Crippen molar-refractivity contribution in [3.05, 3.63) is 50.1 Å². The SMILES string of the molecule is [CH3][Sn]1([CH3])[CH]=CP(=[Se])(c2ccccc2)C=[CH]1. The second-order valence-corrected chi connectivity index (χ2v) is 23.1. The summed E-state index contributed by atoms with van der Waals surface area (Å²) in [6.45, 7) is 0. The van der Waals surface area contributed by atoms with Crippen LogP contribution in [0.15, 0.2) is 50.1 Å². The molecule has 0 atom stereocenters. The normalized spacial score (nSPS) is 21.5. The zero-order valence-corrected chi connectivity index (χ0v) is 14.5. The van der Waals surface area contributed by atoms with E-state index in [0.29, 0.717) is 0 Å². The van der Waals surface area contributed by atoms with Crippen LogP contribution in [0.3, 0.4) is 0 Å². The van der Waals surface area contributed by atoms with E-state index in [-0.39, 0.29) is 0 Å². The van der Waals surface area contributed by atoms with E-state index in [1.165, 1.54) is 5.30 Å². The molecule has 0 N–H and O–H groups in total. The average molecular weight is 388 g/mol. The molecule has 0 saturated heterocycles. The van der Waals surface area contributed by atoms with Crippen molar-refractivity contribution < 1.29 is 0 Å². The fourth-order valence-corrected chi connectivity index (χ4v) is 20.4. The summed E-state index contributed by atoms with van der Waals surface area (Å²) >= 11 is 1.55. The van der Waals surface area contributed by atoms with Gasteiger partial charge in [-0.05, 0) is 0 Å². The maximum atomic E-state index is 3.42. The first-order valence-corrected chi connectivity index (χ1v) is 18.2. The fraction of sp³-hybridized carbons (Fsp3) is 0.167. The molecule has 0 aromatic heterocycles. The second kappa shape index (κ2) is 4.37. The molecule has 0 unspecified atom stereocenters. The fourth-order valence-electron chi connectivity index (χ4n) is 1.54. The second-order valence-electron chi connectivity index (χ2n) is 4.50. The quantitative estimate of drug-likeness (QED) is 0.512. The Bertz CT molecular complexity index is 440. The molecule has 0 fully saturated rings. The van der Waals surface area contributed by atoms with Crippen LogP contribution in [0.5, 0.6) is 0 Å². The van der Waals surface area contributed by atoms with E-state index in [2.05, 4.69) is 75.1 Å². The molecule has 1 aliphatic rings. The van der Waals surface area contributed by atoms with Crippen LogP contribution < -0.4 is 5.30 Å². The van der Waals surface area contributed by atoms with Crippen LogP contribution in [0.2, 0.25) is 9.88 Å². The first kappa shape index (κ1) is 11.9. The summed E-state index contributed by atoms with van der Waals surface area (Å²) in [6, 6.07) is 10.8. The van der Waals surface area contributed by atoms with Gasteiger partial charge in [-0.25, -0.2) is 0 Å². The molecule has 0 spiro atoms. The van der Waals surface area contributed by atoms with Gasteiger partial charge in [-0.15, -0.1) is 0 Å². The van der Waals surface area contributed by atoms with E-state index in [4.69, 9.17) is 0 Å². The predicted octanol–water partition coefficient (Wildman–Crippen LogP) is 3.24. The Morgan fingerprint density at radius 3 is 2.07 bits per heavy atom. The van der Waals surface area contributed by atoms with Crippen LogP contribution >= 0.6 is 5.51 Å². The molecule has 78 valence electrons. The molecular formula is C12H15PSeSn. The summed E-state index contributed by atoms with van der Waals surface area (Å²) in [6.07, 6.45) is 0. The van der Waals surface area contributed by atoms with Gasteiger partial charge < -0.3 is 0 Å². The first-order chi connectivity index (χ1) is 7.02. The number of hydrogen-bond donors (Lipinski definition) is 0. The minimum absolute atomic E-state index is 1.23. The Morgan fingerprint density at radius 2 is 1.53 bits per heavy atom. The van der Waals surface area contributed by atoms with Crippen molar-refractivity contribution in [2.75, 3.05) is 0 Å². The van der Waals surface area contributed by atoms with Crippen molar-refractivity contribution in [2.45, 2.75) is 9.88 Å². The van der Waals surface area contributed by atoms with Gasteiger partial charge in [0.15, 0.2) is 0 Å². The monoisotopic (exact) mass is 390 g/mol. The standard InChI is InChI=1S/C10H9PSe.2CH3.Sn/c1-3-11(12,4-2)10-8-6-5-7-9-10;;;/h1-9H;2*1H3;. The third-order valence-electron chi connectivity index (χ3n) is 2.61. The number of rotatable bonds is 1. The van der Waals surface area contributed by atoms with Gasteiger partial charge in [0, 0.05) is 0 Å². The van der Waals surface area contributed by atoms with Gasteiger partial charge in [-0.2, -0.15) is 0 Å². The minimum atomic E-state index is -1.87. The molecule has 1 aromatic rings. The third kappa shape index (κ3) is 2.77. The molecule has 0 amide bonds. The molecule has 0 saturated carbocycles. The Labute approximate surface area is 104 Å². The van der Waals surface area contributed by atoms with Crippen molar-refractivity contribution in [3.63, 3.8) is 0 Å². The summed E-state index contributed by atoms with van der Waals surface area (Å²) in [4.78, 5) is 4.88. The molecule has 1 aliphatic heterocycles.